The quantitative estimate of drug-likeness (QED) is 0.741. The molecule has 19 heavy (non-hydrogen) atoms. The number of hydrogen-bond donors (Lipinski definition) is 1. The molecule has 2 bridgehead atoms. The van der Waals surface area contributed by atoms with E-state index in [1.54, 1.807) is 13.8 Å². The van der Waals surface area contributed by atoms with Gasteiger partial charge >= 0.3 is 5.97 Å². The number of carbonyl (C=O) groups excluding carboxylic acids is 2. The number of hydrogen-bond acceptors (Lipinski definition) is 4. The summed E-state index contributed by atoms with van der Waals surface area (Å²) in [6, 6.07) is -1.06. The molecule has 3 rings (SSSR count). The van der Waals surface area contributed by atoms with Crippen LogP contribution in [0, 0.1) is 17.8 Å². The summed E-state index contributed by atoms with van der Waals surface area (Å²) in [5.41, 5.74) is 0. The maximum Gasteiger partial charge on any atom is 0.327 e. The van der Waals surface area contributed by atoms with Gasteiger partial charge in [-0.05, 0) is 18.8 Å². The monoisotopic (exact) mass is 267 g/mol. The summed E-state index contributed by atoms with van der Waals surface area (Å²) >= 11 is 0. The average molecular weight is 267 g/mol. The first-order valence-electron chi connectivity index (χ1n) is 6.68. The molecule has 104 valence electrons. The van der Waals surface area contributed by atoms with Crippen molar-refractivity contribution >= 4 is 17.8 Å². The van der Waals surface area contributed by atoms with Crippen molar-refractivity contribution in [3.63, 3.8) is 0 Å². The second-order valence-electron chi connectivity index (χ2n) is 5.92. The molecule has 3 saturated heterocycles. The van der Waals surface area contributed by atoms with E-state index in [2.05, 4.69) is 0 Å². The van der Waals surface area contributed by atoms with Crippen LogP contribution in [0.4, 0.5) is 0 Å². The van der Waals surface area contributed by atoms with E-state index in [0.29, 0.717) is 0 Å². The van der Waals surface area contributed by atoms with Gasteiger partial charge in [0.25, 0.3) is 0 Å². The Hall–Kier alpha value is -1.43. The SMILES string of the molecule is CC(C)[C@@H](C(=O)O)N1C(=O)[C@@H]2[C@@H](C1=O)[C@@H]1CC[C@@H]2O1. The molecule has 0 aliphatic carbocycles. The summed E-state index contributed by atoms with van der Waals surface area (Å²) in [6.07, 6.45) is 1.19. The van der Waals surface area contributed by atoms with Crippen LogP contribution in [0.15, 0.2) is 0 Å². The molecule has 0 unspecified atom stereocenters. The molecule has 1 N–H and O–H groups in total. The molecule has 0 aromatic heterocycles. The summed E-state index contributed by atoms with van der Waals surface area (Å²) in [5.74, 6) is -3.04. The van der Waals surface area contributed by atoms with Gasteiger partial charge in [-0.15, -0.1) is 0 Å². The zero-order chi connectivity index (χ0) is 13.9. The lowest BCUT2D eigenvalue weighted by molar-refractivity contribution is -0.158. The Morgan fingerprint density at radius 3 is 2.05 bits per heavy atom. The molecule has 6 heteroatoms. The lowest BCUT2D eigenvalue weighted by atomic mass is 9.81. The standard InChI is InChI=1S/C13H17NO5/c1-5(2)10(13(17)18)14-11(15)8-6-3-4-7(19-6)9(8)12(14)16/h5-10H,3-4H2,1-2H3,(H,17,18)/t6-,7-,8-,9-,10-/m0/s1. The maximum atomic E-state index is 12.4. The van der Waals surface area contributed by atoms with Crippen LogP contribution in [-0.2, 0) is 19.1 Å². The highest BCUT2D eigenvalue weighted by molar-refractivity contribution is 6.08. The summed E-state index contributed by atoms with van der Waals surface area (Å²) in [5, 5.41) is 9.27. The van der Waals surface area contributed by atoms with E-state index < -0.39 is 23.8 Å². The first kappa shape index (κ1) is 12.6. The third kappa shape index (κ3) is 1.55. The molecular formula is C13H17NO5. The van der Waals surface area contributed by atoms with E-state index in [1.807, 2.05) is 0 Å². The molecule has 0 aromatic rings. The van der Waals surface area contributed by atoms with Crippen LogP contribution in [0.3, 0.4) is 0 Å². The number of fused-ring (bicyclic) bond motifs is 5. The number of carbonyl (C=O) groups is 3. The number of carboxylic acids is 1. The zero-order valence-corrected chi connectivity index (χ0v) is 10.9. The third-order valence-corrected chi connectivity index (χ3v) is 4.48. The maximum absolute atomic E-state index is 12.4. The lowest BCUT2D eigenvalue weighted by Crippen LogP contribution is -2.49. The van der Waals surface area contributed by atoms with Gasteiger partial charge < -0.3 is 9.84 Å². The van der Waals surface area contributed by atoms with E-state index in [0.717, 1.165) is 17.7 Å². The topological polar surface area (TPSA) is 83.9 Å². The average Bonchev–Trinajstić information content (AvgIpc) is 2.97. The van der Waals surface area contributed by atoms with Crippen LogP contribution >= 0.6 is 0 Å². The van der Waals surface area contributed by atoms with Gasteiger partial charge in [-0.2, -0.15) is 0 Å². The zero-order valence-electron chi connectivity index (χ0n) is 10.9. The number of carboxylic acid groups (broad SMARTS) is 1. The van der Waals surface area contributed by atoms with Crippen molar-refractivity contribution in [2.45, 2.75) is 44.9 Å². The molecule has 0 saturated carbocycles. The fourth-order valence-electron chi connectivity index (χ4n) is 3.70. The fraction of sp³-hybridized carbons (Fsp3) is 0.769. The summed E-state index contributed by atoms with van der Waals surface area (Å²) in [6.45, 7) is 3.41. The molecular weight excluding hydrogens is 250 g/mol. The van der Waals surface area contributed by atoms with Gasteiger partial charge in [0.15, 0.2) is 0 Å². The van der Waals surface area contributed by atoms with Crippen LogP contribution in [0.25, 0.3) is 0 Å². The molecule has 6 nitrogen and oxygen atoms in total. The molecule has 0 radical (unpaired) electrons. The molecule has 3 fully saturated rings. The Morgan fingerprint density at radius 1 is 1.21 bits per heavy atom. The van der Waals surface area contributed by atoms with Crippen LogP contribution in [0.1, 0.15) is 26.7 Å². The van der Waals surface area contributed by atoms with Crippen molar-refractivity contribution in [3.8, 4) is 0 Å². The minimum atomic E-state index is -1.12. The van der Waals surface area contributed by atoms with E-state index >= 15 is 0 Å². The molecule has 0 aromatic carbocycles. The van der Waals surface area contributed by atoms with Gasteiger partial charge in [-0.1, -0.05) is 13.8 Å². The first-order chi connectivity index (χ1) is 8.93. The number of aliphatic carboxylic acids is 1. The second kappa shape index (κ2) is 4.03. The van der Waals surface area contributed by atoms with Crippen LogP contribution < -0.4 is 0 Å². The third-order valence-electron chi connectivity index (χ3n) is 4.48. The van der Waals surface area contributed by atoms with Crippen LogP contribution in [-0.4, -0.2) is 46.0 Å². The van der Waals surface area contributed by atoms with Crippen molar-refractivity contribution in [3.05, 3.63) is 0 Å². The van der Waals surface area contributed by atoms with Crippen LogP contribution in [0.2, 0.25) is 0 Å². The van der Waals surface area contributed by atoms with Crippen molar-refractivity contribution in [2.24, 2.45) is 17.8 Å². The van der Waals surface area contributed by atoms with E-state index in [1.165, 1.54) is 0 Å². The highest BCUT2D eigenvalue weighted by Gasteiger charge is 2.64. The van der Waals surface area contributed by atoms with Gasteiger partial charge in [0.2, 0.25) is 11.8 Å². The first-order valence-corrected chi connectivity index (χ1v) is 6.68. The number of rotatable bonds is 3. The number of imide groups is 1. The number of ether oxygens (including phenoxy) is 1. The molecule has 3 aliphatic rings. The molecule has 2 amide bonds. The molecule has 3 aliphatic heterocycles. The van der Waals surface area contributed by atoms with E-state index in [9.17, 15) is 19.5 Å². The molecule has 3 heterocycles. The smallest absolute Gasteiger partial charge is 0.327 e. The summed E-state index contributed by atoms with van der Waals surface area (Å²) < 4.78 is 5.61. The normalized spacial score (nSPS) is 38.2. The van der Waals surface area contributed by atoms with Gasteiger partial charge in [0.1, 0.15) is 6.04 Å². The lowest BCUT2D eigenvalue weighted by Gasteiger charge is -2.27. The Kier molecular flexibility index (Phi) is 2.67. The Balaban J connectivity index is 1.94. The van der Waals surface area contributed by atoms with Crippen molar-refractivity contribution in [1.29, 1.82) is 0 Å². The summed E-state index contributed by atoms with van der Waals surface area (Å²) in [7, 11) is 0. The van der Waals surface area contributed by atoms with E-state index in [-0.39, 0.29) is 29.9 Å². The van der Waals surface area contributed by atoms with Crippen molar-refractivity contribution < 1.29 is 24.2 Å². The highest BCUT2D eigenvalue weighted by atomic mass is 16.5. The predicted octanol–water partition coefficient (Wildman–Crippen LogP) is 0.258. The van der Waals surface area contributed by atoms with Gasteiger partial charge in [0.05, 0.1) is 24.0 Å². The van der Waals surface area contributed by atoms with Crippen molar-refractivity contribution in [1.82, 2.24) is 4.90 Å². The Morgan fingerprint density at radius 2 is 1.68 bits per heavy atom. The molecule has 0 spiro atoms. The highest BCUT2D eigenvalue weighted by Crippen LogP contribution is 2.49. The van der Waals surface area contributed by atoms with Crippen molar-refractivity contribution in [2.75, 3.05) is 0 Å². The minimum absolute atomic E-state index is 0.196. The summed E-state index contributed by atoms with van der Waals surface area (Å²) in [4.78, 5) is 37.1. The number of amides is 2. The van der Waals surface area contributed by atoms with E-state index in [4.69, 9.17) is 4.74 Å². The van der Waals surface area contributed by atoms with Gasteiger partial charge in [-0.25, -0.2) is 4.79 Å². The largest absolute Gasteiger partial charge is 0.480 e. The predicted molar refractivity (Wildman–Crippen MR) is 63.0 cm³/mol. The Labute approximate surface area is 110 Å². The second-order valence-corrected chi connectivity index (χ2v) is 5.92. The number of nitrogens with zero attached hydrogens (tertiary/aromatic N) is 1. The van der Waals surface area contributed by atoms with Crippen LogP contribution in [0.5, 0.6) is 0 Å². The fourth-order valence-corrected chi connectivity index (χ4v) is 3.70. The minimum Gasteiger partial charge on any atom is -0.480 e. The van der Waals surface area contributed by atoms with Gasteiger partial charge in [-0.3, -0.25) is 14.5 Å². The van der Waals surface area contributed by atoms with Gasteiger partial charge in [0, 0.05) is 0 Å². The number of likely N-dealkylation sites (tertiary alicyclic amines) is 1. The molecule has 5 atom stereocenters. The Bertz CT molecular complexity index is 432.